The van der Waals surface area contributed by atoms with Crippen LogP contribution in [-0.2, 0) is 17.1 Å². The molecule has 1 fully saturated rings. The van der Waals surface area contributed by atoms with Crippen molar-refractivity contribution in [1.82, 2.24) is 5.32 Å². The maximum atomic E-state index is 15.9. The molecule has 2 heterocycles. The van der Waals surface area contributed by atoms with E-state index in [4.69, 9.17) is 4.74 Å². The number of hydrogen-bond acceptors (Lipinski definition) is 3. The summed E-state index contributed by atoms with van der Waals surface area (Å²) in [6.07, 6.45) is 1.51. The number of amides is 1. The van der Waals surface area contributed by atoms with E-state index in [9.17, 15) is 4.79 Å². The average molecular weight is 429 g/mol. The lowest BCUT2D eigenvalue weighted by molar-refractivity contribution is -0.133. The number of nitrogens with zero attached hydrogens (tertiary/aromatic N) is 1. The summed E-state index contributed by atoms with van der Waals surface area (Å²) in [6.45, 7) is 4.58. The molecule has 0 bridgehead atoms. The minimum atomic E-state index is -1.35. The lowest BCUT2D eigenvalue weighted by Crippen LogP contribution is -2.69. The van der Waals surface area contributed by atoms with Crippen LogP contribution in [0.3, 0.4) is 0 Å². The lowest BCUT2D eigenvalue weighted by atomic mass is 9.80. The van der Waals surface area contributed by atoms with E-state index in [1.54, 1.807) is 0 Å². The topological polar surface area (TPSA) is 41.6 Å². The van der Waals surface area contributed by atoms with Crippen LogP contribution in [0.15, 0.2) is 84.7 Å². The molecule has 2 aliphatic rings. The highest BCUT2D eigenvalue weighted by molar-refractivity contribution is 5.89. The number of rotatable bonds is 4. The second-order valence-electron chi connectivity index (χ2n) is 8.99. The zero-order valence-electron chi connectivity index (χ0n) is 18.1. The fourth-order valence-corrected chi connectivity index (χ4v) is 4.45. The first-order valence-electron chi connectivity index (χ1n) is 10.7. The highest BCUT2D eigenvalue weighted by Crippen LogP contribution is 2.49. The van der Waals surface area contributed by atoms with E-state index < -0.39 is 16.9 Å². The Hall–Kier alpha value is -3.60. The number of fused-ring (bicyclic) bond motifs is 3. The molecule has 1 unspecified atom stereocenters. The van der Waals surface area contributed by atoms with Crippen LogP contribution in [0, 0.1) is 5.41 Å². The smallest absolute Gasteiger partial charge is 0.229 e. The van der Waals surface area contributed by atoms with Crippen LogP contribution in [0.4, 0.5) is 10.1 Å². The van der Waals surface area contributed by atoms with Crippen LogP contribution in [0.2, 0.25) is 0 Å². The Morgan fingerprint density at radius 3 is 2.41 bits per heavy atom. The highest BCUT2D eigenvalue weighted by atomic mass is 19.1. The zero-order valence-corrected chi connectivity index (χ0v) is 18.1. The molecule has 1 N–H and O–H groups in total. The maximum Gasteiger partial charge on any atom is 0.229 e. The van der Waals surface area contributed by atoms with Crippen molar-refractivity contribution >= 4 is 17.7 Å². The molecule has 162 valence electrons. The van der Waals surface area contributed by atoms with Crippen molar-refractivity contribution in [2.24, 2.45) is 5.41 Å². The summed E-state index contributed by atoms with van der Waals surface area (Å²) < 4.78 is 21.9. The van der Waals surface area contributed by atoms with E-state index in [0.29, 0.717) is 24.5 Å². The summed E-state index contributed by atoms with van der Waals surface area (Å²) in [5, 5.41) is 3.00. The van der Waals surface area contributed by atoms with Crippen molar-refractivity contribution in [2.75, 3.05) is 11.4 Å². The van der Waals surface area contributed by atoms with Gasteiger partial charge in [-0.15, -0.1) is 0 Å². The number of hydrogen-bond donors (Lipinski definition) is 1. The third-order valence-corrected chi connectivity index (χ3v) is 6.22. The Kier molecular flexibility index (Phi) is 4.77. The van der Waals surface area contributed by atoms with Gasteiger partial charge in [-0.2, -0.15) is 0 Å². The third-order valence-electron chi connectivity index (χ3n) is 6.22. The van der Waals surface area contributed by atoms with Crippen LogP contribution in [-0.4, -0.2) is 12.5 Å². The number of carbonyl (C=O) groups excluding carboxylic acids is 1. The van der Waals surface area contributed by atoms with Gasteiger partial charge in [-0.25, -0.2) is 4.39 Å². The van der Waals surface area contributed by atoms with Gasteiger partial charge < -0.3 is 15.0 Å². The molecule has 2 aliphatic heterocycles. The van der Waals surface area contributed by atoms with E-state index in [1.807, 2.05) is 97.6 Å². The second kappa shape index (κ2) is 7.52. The van der Waals surface area contributed by atoms with Crippen LogP contribution in [0.5, 0.6) is 5.75 Å². The Labute approximate surface area is 187 Å². The van der Waals surface area contributed by atoms with Gasteiger partial charge in [0.25, 0.3) is 0 Å². The normalized spacial score (nSPS) is 21.2. The average Bonchev–Trinajstić information content (AvgIpc) is 2.80. The van der Waals surface area contributed by atoms with Gasteiger partial charge in [0, 0.05) is 23.4 Å². The summed E-state index contributed by atoms with van der Waals surface area (Å²) in [5.41, 5.74) is 1.31. The molecule has 0 aromatic heterocycles. The Morgan fingerprint density at radius 2 is 1.69 bits per heavy atom. The van der Waals surface area contributed by atoms with Crippen molar-refractivity contribution in [3.05, 3.63) is 101 Å². The van der Waals surface area contributed by atoms with Crippen LogP contribution in [0.1, 0.15) is 30.5 Å². The molecule has 32 heavy (non-hydrogen) atoms. The van der Waals surface area contributed by atoms with Gasteiger partial charge in [0.2, 0.25) is 5.91 Å². The molecule has 3 aromatic rings. The van der Waals surface area contributed by atoms with Gasteiger partial charge in [-0.1, -0.05) is 60.7 Å². The van der Waals surface area contributed by atoms with Crippen molar-refractivity contribution < 1.29 is 13.9 Å². The molecule has 3 aromatic carbocycles. The summed E-state index contributed by atoms with van der Waals surface area (Å²) in [5.74, 6) is 0.0804. The minimum Gasteiger partial charge on any atom is -0.489 e. The molecule has 5 rings (SSSR count). The summed E-state index contributed by atoms with van der Waals surface area (Å²) in [6, 6.07) is 24.9. The predicted octanol–water partition coefficient (Wildman–Crippen LogP) is 5.41. The van der Waals surface area contributed by atoms with Gasteiger partial charge in [0.15, 0.2) is 11.5 Å². The second-order valence-corrected chi connectivity index (χ2v) is 8.99. The Morgan fingerprint density at radius 1 is 1.00 bits per heavy atom. The first-order chi connectivity index (χ1) is 15.4. The Balaban J connectivity index is 1.56. The van der Waals surface area contributed by atoms with E-state index in [1.165, 1.54) is 6.08 Å². The SMILES string of the molecule is CC1(C)CN2c3ccc(OCc4ccccc4)cc3C=C(F)C2(c2ccccc2)NC1=O. The molecule has 4 nitrogen and oxygen atoms in total. The fourth-order valence-electron chi connectivity index (χ4n) is 4.45. The Bertz CT molecular complexity index is 1190. The number of carbonyl (C=O) groups is 1. The molecule has 0 spiro atoms. The van der Waals surface area contributed by atoms with E-state index in [2.05, 4.69) is 5.32 Å². The number of anilines is 1. The minimum absolute atomic E-state index is 0.174. The molecule has 0 radical (unpaired) electrons. The van der Waals surface area contributed by atoms with Crippen molar-refractivity contribution in [3.63, 3.8) is 0 Å². The van der Waals surface area contributed by atoms with E-state index >= 15 is 4.39 Å². The molecule has 0 aliphatic carbocycles. The molecule has 0 saturated carbocycles. The van der Waals surface area contributed by atoms with E-state index in [-0.39, 0.29) is 5.91 Å². The van der Waals surface area contributed by atoms with Gasteiger partial charge in [-0.05, 0) is 43.7 Å². The largest absolute Gasteiger partial charge is 0.489 e. The van der Waals surface area contributed by atoms with Crippen LogP contribution < -0.4 is 15.0 Å². The summed E-state index contributed by atoms with van der Waals surface area (Å²) in [7, 11) is 0. The van der Waals surface area contributed by atoms with Crippen LogP contribution >= 0.6 is 0 Å². The van der Waals surface area contributed by atoms with Gasteiger partial charge in [0.05, 0.1) is 5.41 Å². The number of ether oxygens (including phenoxy) is 1. The molecule has 1 atom stereocenters. The first-order valence-corrected chi connectivity index (χ1v) is 10.7. The molecular weight excluding hydrogens is 403 g/mol. The monoisotopic (exact) mass is 428 g/mol. The number of halogens is 1. The molecule has 5 heteroatoms. The van der Waals surface area contributed by atoms with Gasteiger partial charge >= 0.3 is 0 Å². The molecule has 1 saturated heterocycles. The van der Waals surface area contributed by atoms with E-state index in [0.717, 1.165) is 16.8 Å². The zero-order chi connectivity index (χ0) is 22.3. The van der Waals surface area contributed by atoms with Gasteiger partial charge in [-0.3, -0.25) is 4.79 Å². The number of nitrogens with one attached hydrogen (secondary N) is 1. The summed E-state index contributed by atoms with van der Waals surface area (Å²) >= 11 is 0. The van der Waals surface area contributed by atoms with Crippen molar-refractivity contribution in [1.29, 1.82) is 0 Å². The molecular formula is C27H25FN2O2. The lowest BCUT2D eigenvalue weighted by Gasteiger charge is -2.54. The quantitative estimate of drug-likeness (QED) is 0.605. The third kappa shape index (κ3) is 3.25. The highest BCUT2D eigenvalue weighted by Gasteiger charge is 2.54. The molecule has 1 amide bonds. The maximum absolute atomic E-state index is 15.9. The van der Waals surface area contributed by atoms with Crippen LogP contribution in [0.25, 0.3) is 6.08 Å². The van der Waals surface area contributed by atoms with Crippen molar-refractivity contribution in [2.45, 2.75) is 26.1 Å². The van der Waals surface area contributed by atoms with Gasteiger partial charge in [0.1, 0.15) is 12.4 Å². The van der Waals surface area contributed by atoms with Crippen molar-refractivity contribution in [3.8, 4) is 5.75 Å². The number of benzene rings is 3. The first kappa shape index (κ1) is 20.3. The fraction of sp³-hybridized carbons (Fsp3) is 0.222. The predicted molar refractivity (Wildman–Crippen MR) is 124 cm³/mol. The standard InChI is InChI=1S/C27H25FN2O2/c1-26(2)18-30-23-14-13-22(32-17-19-9-5-3-6-10-19)15-20(23)16-24(28)27(30,29-25(26)31)21-11-7-4-8-12-21/h3-16H,17-18H2,1-2H3,(H,29,31). The summed E-state index contributed by atoms with van der Waals surface area (Å²) in [4.78, 5) is 14.9.